The highest BCUT2D eigenvalue weighted by atomic mass is 32.1. The summed E-state index contributed by atoms with van der Waals surface area (Å²) in [5.41, 5.74) is 3.24. The van der Waals surface area contributed by atoms with Crippen LogP contribution >= 0.6 is 11.3 Å². The lowest BCUT2D eigenvalue weighted by Gasteiger charge is -2.33. The molecule has 0 unspecified atom stereocenters. The Balaban J connectivity index is 1.80. The maximum Gasteiger partial charge on any atom is 0.253 e. The number of aromatic nitrogens is 4. The van der Waals surface area contributed by atoms with Gasteiger partial charge >= 0.3 is 0 Å². The number of benzene rings is 1. The zero-order chi connectivity index (χ0) is 22.8. The molecule has 32 heavy (non-hydrogen) atoms. The van der Waals surface area contributed by atoms with Crippen LogP contribution in [0, 0.1) is 0 Å². The second kappa shape index (κ2) is 9.17. The molecule has 0 bridgehead atoms. The lowest BCUT2D eigenvalue weighted by molar-refractivity contribution is 0.0827. The van der Waals surface area contributed by atoms with Crippen molar-refractivity contribution in [2.24, 2.45) is 0 Å². The lowest BCUT2D eigenvalue weighted by Crippen LogP contribution is -2.44. The number of carbonyl (C=O) groups is 1. The molecule has 1 aliphatic heterocycles. The second-order valence-electron chi connectivity index (χ2n) is 8.08. The maximum absolute atomic E-state index is 12.3. The van der Waals surface area contributed by atoms with Crippen LogP contribution in [0.1, 0.15) is 17.3 Å². The van der Waals surface area contributed by atoms with Gasteiger partial charge in [-0.1, -0.05) is 12.1 Å². The van der Waals surface area contributed by atoms with Gasteiger partial charge in [-0.05, 0) is 19.1 Å². The molecular formula is C22H27N7O2S. The van der Waals surface area contributed by atoms with Crippen LogP contribution in [0.5, 0.6) is 0 Å². The number of thiazole rings is 1. The highest BCUT2D eigenvalue weighted by Gasteiger charge is 2.25. The van der Waals surface area contributed by atoms with Crippen molar-refractivity contribution in [3.63, 3.8) is 0 Å². The summed E-state index contributed by atoms with van der Waals surface area (Å²) in [5.74, 6) is 2.54. The molecular weight excluding hydrogens is 426 g/mol. The minimum absolute atomic E-state index is 0.0454. The number of carbonyl (C=O) groups excluding carboxylic acids is 1. The van der Waals surface area contributed by atoms with E-state index in [4.69, 9.17) is 19.7 Å². The van der Waals surface area contributed by atoms with Crippen LogP contribution < -0.4 is 9.80 Å². The fourth-order valence-corrected chi connectivity index (χ4v) is 4.28. The molecule has 3 heterocycles. The summed E-state index contributed by atoms with van der Waals surface area (Å²) < 4.78 is 5.59. The van der Waals surface area contributed by atoms with Gasteiger partial charge in [-0.25, -0.2) is 9.97 Å². The predicted octanol–water partition coefficient (Wildman–Crippen LogP) is 2.66. The Hall–Kier alpha value is -3.11. The van der Waals surface area contributed by atoms with Crippen LogP contribution in [0.25, 0.3) is 22.1 Å². The van der Waals surface area contributed by atoms with Gasteiger partial charge in [0.05, 0.1) is 24.8 Å². The monoisotopic (exact) mass is 453 g/mol. The summed E-state index contributed by atoms with van der Waals surface area (Å²) in [6.45, 7) is 4.07. The largest absolute Gasteiger partial charge is 0.377 e. The first-order chi connectivity index (χ1) is 15.3. The summed E-state index contributed by atoms with van der Waals surface area (Å²) in [6.07, 6.45) is 0. The van der Waals surface area contributed by atoms with E-state index in [-0.39, 0.29) is 11.9 Å². The highest BCUT2D eigenvalue weighted by Crippen LogP contribution is 2.33. The molecule has 4 rings (SSSR count). The van der Waals surface area contributed by atoms with Crippen molar-refractivity contribution in [2.45, 2.75) is 13.0 Å². The van der Waals surface area contributed by atoms with E-state index < -0.39 is 0 Å². The minimum Gasteiger partial charge on any atom is -0.377 e. The Morgan fingerprint density at radius 1 is 1.09 bits per heavy atom. The van der Waals surface area contributed by atoms with Crippen molar-refractivity contribution in [3.8, 4) is 22.1 Å². The zero-order valence-electron chi connectivity index (χ0n) is 18.9. The first kappa shape index (κ1) is 22.1. The molecule has 3 aromatic rings. The third kappa shape index (κ3) is 4.42. The molecule has 168 valence electrons. The van der Waals surface area contributed by atoms with Crippen molar-refractivity contribution in [1.82, 2.24) is 24.8 Å². The molecule has 0 saturated carbocycles. The average molecular weight is 454 g/mol. The topological polar surface area (TPSA) is 87.6 Å². The van der Waals surface area contributed by atoms with Gasteiger partial charge in [0, 0.05) is 45.9 Å². The van der Waals surface area contributed by atoms with Gasteiger partial charge in [-0.3, -0.25) is 4.79 Å². The summed E-state index contributed by atoms with van der Waals surface area (Å²) in [4.78, 5) is 37.7. The number of nitrogens with zero attached hydrogens (tertiary/aromatic N) is 7. The Kier molecular flexibility index (Phi) is 6.33. The van der Waals surface area contributed by atoms with E-state index in [1.54, 1.807) is 36.6 Å². The van der Waals surface area contributed by atoms with E-state index in [0.717, 1.165) is 16.3 Å². The van der Waals surface area contributed by atoms with E-state index in [2.05, 4.69) is 16.8 Å². The van der Waals surface area contributed by atoms with Gasteiger partial charge in [0.2, 0.25) is 5.95 Å². The third-order valence-corrected chi connectivity index (χ3v) is 6.03. The second-order valence-corrected chi connectivity index (χ2v) is 8.93. The summed E-state index contributed by atoms with van der Waals surface area (Å²) in [6, 6.07) is 7.51. The Morgan fingerprint density at radius 2 is 1.81 bits per heavy atom. The van der Waals surface area contributed by atoms with E-state index in [9.17, 15) is 4.79 Å². The fraction of sp³-hybridized carbons (Fsp3) is 0.409. The molecule has 1 amide bonds. The Morgan fingerprint density at radius 3 is 2.47 bits per heavy atom. The van der Waals surface area contributed by atoms with Crippen molar-refractivity contribution in [2.75, 3.05) is 57.7 Å². The van der Waals surface area contributed by atoms with Gasteiger partial charge in [-0.15, -0.1) is 11.3 Å². The molecule has 1 aromatic carbocycles. The molecule has 0 aliphatic carbocycles. The number of amides is 1. The van der Waals surface area contributed by atoms with Gasteiger partial charge in [0.1, 0.15) is 10.7 Å². The average Bonchev–Trinajstić information content (AvgIpc) is 3.29. The first-order valence-corrected chi connectivity index (χ1v) is 11.3. The van der Waals surface area contributed by atoms with Gasteiger partial charge in [0.15, 0.2) is 11.6 Å². The molecule has 10 heteroatoms. The van der Waals surface area contributed by atoms with E-state index in [1.165, 1.54) is 11.3 Å². The van der Waals surface area contributed by atoms with Gasteiger partial charge in [0.25, 0.3) is 5.91 Å². The summed E-state index contributed by atoms with van der Waals surface area (Å²) in [7, 11) is 7.38. The van der Waals surface area contributed by atoms with Crippen LogP contribution in [0.15, 0.2) is 29.8 Å². The number of ether oxygens (including phenoxy) is 1. The fourth-order valence-electron chi connectivity index (χ4n) is 3.48. The van der Waals surface area contributed by atoms with Crippen LogP contribution in [0.4, 0.5) is 11.8 Å². The normalized spacial score (nSPS) is 16.2. The number of morpholine rings is 1. The Bertz CT molecular complexity index is 1100. The smallest absolute Gasteiger partial charge is 0.253 e. The van der Waals surface area contributed by atoms with E-state index in [1.807, 2.05) is 31.1 Å². The van der Waals surface area contributed by atoms with Crippen molar-refractivity contribution in [1.29, 1.82) is 0 Å². The van der Waals surface area contributed by atoms with Crippen LogP contribution in [-0.2, 0) is 4.74 Å². The quantitative estimate of drug-likeness (QED) is 0.583. The molecule has 1 aliphatic rings. The number of hydrogen-bond donors (Lipinski definition) is 0. The van der Waals surface area contributed by atoms with E-state index >= 15 is 0 Å². The molecule has 2 aromatic heterocycles. The standard InChI is InChI=1S/C22H27N7O2S/c1-14-12-31-11-10-29(14)22-25-18(15-6-8-16(9-7-15)21(30)28(4)5)24-19(26-22)17-20(27(2)3)23-13-32-17/h6-9,13-14H,10-12H2,1-5H3/t14-/m0/s1. The molecule has 0 N–H and O–H groups in total. The van der Waals surface area contributed by atoms with Crippen molar-refractivity contribution >= 4 is 29.0 Å². The predicted molar refractivity (Wildman–Crippen MR) is 126 cm³/mol. The maximum atomic E-state index is 12.3. The first-order valence-electron chi connectivity index (χ1n) is 10.4. The van der Waals surface area contributed by atoms with Gasteiger partial charge < -0.3 is 19.4 Å². The van der Waals surface area contributed by atoms with Crippen LogP contribution in [-0.4, -0.2) is 84.7 Å². The SMILES string of the molecule is C[C@H]1COCCN1c1nc(-c2ccc(C(=O)N(C)C)cc2)nc(-c2scnc2N(C)C)n1. The number of anilines is 2. The molecule has 1 saturated heterocycles. The van der Waals surface area contributed by atoms with Crippen molar-refractivity contribution in [3.05, 3.63) is 35.3 Å². The molecule has 0 spiro atoms. The minimum atomic E-state index is -0.0454. The molecule has 1 fully saturated rings. The third-order valence-electron chi connectivity index (χ3n) is 5.22. The molecule has 0 radical (unpaired) electrons. The lowest BCUT2D eigenvalue weighted by atomic mass is 10.1. The molecule has 1 atom stereocenters. The highest BCUT2D eigenvalue weighted by molar-refractivity contribution is 7.13. The number of hydrogen-bond acceptors (Lipinski definition) is 9. The zero-order valence-corrected chi connectivity index (χ0v) is 19.8. The van der Waals surface area contributed by atoms with E-state index in [0.29, 0.717) is 42.9 Å². The molecule has 9 nitrogen and oxygen atoms in total. The van der Waals surface area contributed by atoms with Gasteiger partial charge in [-0.2, -0.15) is 9.97 Å². The number of rotatable bonds is 5. The van der Waals surface area contributed by atoms with Crippen molar-refractivity contribution < 1.29 is 9.53 Å². The summed E-state index contributed by atoms with van der Waals surface area (Å²) in [5, 5.41) is 0. The summed E-state index contributed by atoms with van der Waals surface area (Å²) >= 11 is 1.50. The van der Waals surface area contributed by atoms with Crippen LogP contribution in [0.3, 0.4) is 0 Å². The van der Waals surface area contributed by atoms with Crippen LogP contribution in [0.2, 0.25) is 0 Å². The Labute approximate surface area is 191 Å².